The fourth-order valence-corrected chi connectivity index (χ4v) is 2.64. The summed E-state index contributed by atoms with van der Waals surface area (Å²) in [4.78, 5) is 13.1. The number of rotatable bonds is 7. The number of hydrogen-bond acceptors (Lipinski definition) is 9. The van der Waals surface area contributed by atoms with Crippen molar-refractivity contribution < 1.29 is 10.2 Å². The van der Waals surface area contributed by atoms with Crippen molar-refractivity contribution in [3.05, 3.63) is 84.4 Å². The van der Waals surface area contributed by atoms with Crippen LogP contribution in [0, 0.1) is 0 Å². The first kappa shape index (κ1) is 22.3. The smallest absolute Gasteiger partial charge is 0.250 e. The van der Waals surface area contributed by atoms with E-state index in [-0.39, 0.29) is 29.9 Å². The standard InChI is InChI=1S/C22H19N7O2.ClH/c30-18-12-11-15(19(31)13-18)14-23-29-22-27-20(24-16-7-3-1-4-8-16)26-21(28-22)25-17-9-5-2-6-10-17;/h1-14,30-31H,(H3,24,25,26,27,28,29);1H/b23-14+;. The molecule has 0 saturated carbocycles. The predicted octanol–water partition coefficient (Wildman–Crippen LogP) is 4.64. The van der Waals surface area contributed by atoms with Gasteiger partial charge in [-0.1, -0.05) is 36.4 Å². The zero-order chi connectivity index (χ0) is 21.5. The molecule has 0 radical (unpaired) electrons. The molecule has 0 atom stereocenters. The molecule has 0 amide bonds. The molecule has 0 fully saturated rings. The molecule has 1 heterocycles. The molecule has 0 unspecified atom stereocenters. The van der Waals surface area contributed by atoms with Crippen LogP contribution in [0.4, 0.5) is 29.2 Å². The number of nitrogens with one attached hydrogen (secondary N) is 3. The van der Waals surface area contributed by atoms with Crippen LogP contribution < -0.4 is 16.1 Å². The zero-order valence-corrected chi connectivity index (χ0v) is 17.5. The summed E-state index contributed by atoms with van der Waals surface area (Å²) >= 11 is 0. The number of hydrogen-bond donors (Lipinski definition) is 5. The van der Waals surface area contributed by atoms with Gasteiger partial charge in [0.05, 0.1) is 6.21 Å². The Morgan fingerprint density at radius 2 is 1.22 bits per heavy atom. The van der Waals surface area contributed by atoms with E-state index in [0.29, 0.717) is 17.5 Å². The van der Waals surface area contributed by atoms with Crippen LogP contribution in [0.1, 0.15) is 5.56 Å². The van der Waals surface area contributed by atoms with E-state index in [1.807, 2.05) is 60.7 Å². The molecule has 5 N–H and O–H groups in total. The zero-order valence-electron chi connectivity index (χ0n) is 16.7. The lowest BCUT2D eigenvalue weighted by atomic mass is 10.2. The topological polar surface area (TPSA) is 128 Å². The van der Waals surface area contributed by atoms with Crippen LogP contribution in [0.3, 0.4) is 0 Å². The van der Waals surface area contributed by atoms with E-state index in [1.54, 1.807) is 0 Å². The van der Waals surface area contributed by atoms with Gasteiger partial charge in [0.1, 0.15) is 11.5 Å². The Balaban J connectivity index is 0.00000289. The number of aromatic hydroxyl groups is 2. The number of aromatic nitrogens is 3. The first-order chi connectivity index (χ1) is 15.2. The number of phenols is 2. The molecular formula is C22H20ClN7O2. The number of benzene rings is 3. The summed E-state index contributed by atoms with van der Waals surface area (Å²) in [5, 5.41) is 29.6. The van der Waals surface area contributed by atoms with Crippen molar-refractivity contribution >= 4 is 47.8 Å². The minimum Gasteiger partial charge on any atom is -0.508 e. The molecule has 162 valence electrons. The molecule has 3 aromatic carbocycles. The Labute approximate surface area is 190 Å². The van der Waals surface area contributed by atoms with E-state index >= 15 is 0 Å². The van der Waals surface area contributed by atoms with Crippen molar-refractivity contribution in [1.29, 1.82) is 0 Å². The number of nitrogens with zero attached hydrogens (tertiary/aromatic N) is 4. The Morgan fingerprint density at radius 3 is 1.75 bits per heavy atom. The molecule has 32 heavy (non-hydrogen) atoms. The molecule has 0 bridgehead atoms. The second kappa shape index (κ2) is 10.6. The number of para-hydroxylation sites is 2. The maximum Gasteiger partial charge on any atom is 0.250 e. The number of anilines is 5. The Morgan fingerprint density at radius 1 is 0.688 bits per heavy atom. The fourth-order valence-electron chi connectivity index (χ4n) is 2.64. The van der Waals surface area contributed by atoms with Gasteiger partial charge in [0.15, 0.2) is 0 Å². The quantitative estimate of drug-likeness (QED) is 0.204. The number of hydrazone groups is 1. The van der Waals surface area contributed by atoms with Crippen molar-refractivity contribution in [3.63, 3.8) is 0 Å². The molecule has 0 spiro atoms. The Hall–Kier alpha value is -4.37. The summed E-state index contributed by atoms with van der Waals surface area (Å²) in [6, 6.07) is 23.2. The Bertz CT molecular complexity index is 1130. The van der Waals surface area contributed by atoms with E-state index in [2.05, 4.69) is 36.1 Å². The van der Waals surface area contributed by atoms with Crippen molar-refractivity contribution in [1.82, 2.24) is 15.0 Å². The summed E-state index contributed by atoms with van der Waals surface area (Å²) < 4.78 is 0. The van der Waals surface area contributed by atoms with Gasteiger partial charge in [-0.2, -0.15) is 20.1 Å². The van der Waals surface area contributed by atoms with Crippen LogP contribution in [-0.4, -0.2) is 31.4 Å². The van der Waals surface area contributed by atoms with Crippen molar-refractivity contribution in [2.75, 3.05) is 16.1 Å². The molecule has 0 saturated heterocycles. The largest absolute Gasteiger partial charge is 0.508 e. The summed E-state index contributed by atoms with van der Waals surface area (Å²) in [5.74, 6) is 0.711. The third-order valence-corrected chi connectivity index (χ3v) is 4.08. The van der Waals surface area contributed by atoms with Crippen LogP contribution >= 0.6 is 12.4 Å². The molecule has 4 rings (SSSR count). The average molecular weight is 450 g/mol. The normalized spacial score (nSPS) is 10.4. The van der Waals surface area contributed by atoms with Crippen LogP contribution in [0.25, 0.3) is 0 Å². The molecule has 9 nitrogen and oxygen atoms in total. The van der Waals surface area contributed by atoms with Crippen molar-refractivity contribution in [2.45, 2.75) is 0 Å². The van der Waals surface area contributed by atoms with Crippen LogP contribution in [0.2, 0.25) is 0 Å². The van der Waals surface area contributed by atoms with Gasteiger partial charge >= 0.3 is 0 Å². The molecule has 0 aliphatic carbocycles. The van der Waals surface area contributed by atoms with Gasteiger partial charge in [0.25, 0.3) is 0 Å². The highest BCUT2D eigenvalue weighted by atomic mass is 35.5. The van der Waals surface area contributed by atoms with E-state index in [0.717, 1.165) is 11.4 Å². The maximum absolute atomic E-state index is 9.86. The van der Waals surface area contributed by atoms with Crippen molar-refractivity contribution in [3.8, 4) is 11.5 Å². The summed E-state index contributed by atoms with van der Waals surface area (Å²) in [6.07, 6.45) is 1.40. The summed E-state index contributed by atoms with van der Waals surface area (Å²) in [7, 11) is 0. The van der Waals surface area contributed by atoms with Gasteiger partial charge in [0, 0.05) is 23.0 Å². The lowest BCUT2D eigenvalue weighted by Crippen LogP contribution is -2.07. The van der Waals surface area contributed by atoms with Gasteiger partial charge in [-0.05, 0) is 36.4 Å². The lowest BCUT2D eigenvalue weighted by molar-refractivity contribution is 0.450. The van der Waals surface area contributed by atoms with Crippen LogP contribution in [0.5, 0.6) is 11.5 Å². The second-order valence-electron chi connectivity index (χ2n) is 6.40. The highest BCUT2D eigenvalue weighted by molar-refractivity contribution is 5.85. The number of halogens is 1. The van der Waals surface area contributed by atoms with E-state index in [1.165, 1.54) is 24.4 Å². The maximum atomic E-state index is 9.86. The van der Waals surface area contributed by atoms with Gasteiger partial charge in [-0.15, -0.1) is 12.4 Å². The minimum absolute atomic E-state index is 0. The summed E-state index contributed by atoms with van der Waals surface area (Å²) in [5.41, 5.74) is 4.81. The van der Waals surface area contributed by atoms with E-state index < -0.39 is 0 Å². The third-order valence-electron chi connectivity index (χ3n) is 4.08. The molecule has 0 aliphatic heterocycles. The first-order valence-corrected chi connectivity index (χ1v) is 9.37. The monoisotopic (exact) mass is 449 g/mol. The van der Waals surface area contributed by atoms with E-state index in [9.17, 15) is 10.2 Å². The van der Waals surface area contributed by atoms with Gasteiger partial charge in [0.2, 0.25) is 17.8 Å². The van der Waals surface area contributed by atoms with Gasteiger partial charge in [-0.25, -0.2) is 5.43 Å². The average Bonchev–Trinajstić information content (AvgIpc) is 2.77. The fraction of sp³-hybridized carbons (Fsp3) is 0. The molecular weight excluding hydrogens is 430 g/mol. The van der Waals surface area contributed by atoms with Gasteiger partial charge < -0.3 is 20.8 Å². The van der Waals surface area contributed by atoms with Gasteiger partial charge in [-0.3, -0.25) is 0 Å². The lowest BCUT2D eigenvalue weighted by Gasteiger charge is -2.10. The summed E-state index contributed by atoms with van der Waals surface area (Å²) in [6.45, 7) is 0. The van der Waals surface area contributed by atoms with Crippen molar-refractivity contribution in [2.24, 2.45) is 5.10 Å². The van der Waals surface area contributed by atoms with Crippen LogP contribution in [-0.2, 0) is 0 Å². The van der Waals surface area contributed by atoms with Crippen LogP contribution in [0.15, 0.2) is 84.0 Å². The third kappa shape index (κ3) is 6.07. The second-order valence-corrected chi connectivity index (χ2v) is 6.40. The predicted molar refractivity (Wildman–Crippen MR) is 128 cm³/mol. The molecule has 4 aromatic rings. The molecule has 10 heteroatoms. The minimum atomic E-state index is -0.0981. The SMILES string of the molecule is Cl.Oc1ccc(/C=N/Nc2nc(Nc3ccccc3)nc(Nc3ccccc3)n2)c(O)c1. The molecule has 0 aliphatic rings. The number of phenolic OH excluding ortho intramolecular Hbond substituents is 2. The highest BCUT2D eigenvalue weighted by Gasteiger charge is 2.07. The first-order valence-electron chi connectivity index (χ1n) is 9.37. The highest BCUT2D eigenvalue weighted by Crippen LogP contribution is 2.21. The van der Waals surface area contributed by atoms with E-state index in [4.69, 9.17) is 0 Å². The molecule has 1 aromatic heterocycles. The Kier molecular flexibility index (Phi) is 7.39.